The summed E-state index contributed by atoms with van der Waals surface area (Å²) in [4.78, 5) is 40.0. The second-order valence-corrected chi connectivity index (χ2v) is 21.1. The monoisotopic (exact) mass is 1070 g/mol. The molecule has 2 aromatic carbocycles. The molecule has 0 saturated carbocycles. The van der Waals surface area contributed by atoms with E-state index in [9.17, 15) is 58.4 Å². The molecule has 2 aromatic rings. The Balaban J connectivity index is 0.00000245. The van der Waals surface area contributed by atoms with Crippen molar-refractivity contribution in [3.63, 3.8) is 0 Å². The highest BCUT2D eigenvalue weighted by Gasteiger charge is 2.48. The number of carbonyl (C=O) groups excluding carboxylic acids is 2. The van der Waals surface area contributed by atoms with Crippen LogP contribution >= 0.6 is 0 Å². The van der Waals surface area contributed by atoms with E-state index in [1.165, 1.54) is 11.0 Å². The van der Waals surface area contributed by atoms with Crippen LogP contribution in [0.4, 0.5) is 11.4 Å². The highest BCUT2D eigenvalue weighted by molar-refractivity contribution is 7.86. The summed E-state index contributed by atoms with van der Waals surface area (Å²) in [5.74, 6) is -4.16. The zero-order valence-corrected chi connectivity index (χ0v) is 41.5. The maximum absolute atomic E-state index is 13.5. The van der Waals surface area contributed by atoms with E-state index < -0.39 is 102 Å². The molecular formula is C41H54N2O21S5. The highest BCUT2D eigenvalue weighted by atomic mass is 32.2. The van der Waals surface area contributed by atoms with Crippen LogP contribution in [-0.2, 0) is 71.9 Å². The number of rotatable bonds is 19. The minimum atomic E-state index is -4.87. The van der Waals surface area contributed by atoms with Crippen LogP contribution in [0.5, 0.6) is 0 Å². The summed E-state index contributed by atoms with van der Waals surface area (Å²) >= 11 is 0. The number of esters is 2. The molecule has 4 rings (SSSR count). The van der Waals surface area contributed by atoms with E-state index in [-0.39, 0.29) is 68.9 Å². The molecule has 384 valence electrons. The number of ether oxygens (including phenoxy) is 2. The Bertz CT molecular complexity index is 2950. The Morgan fingerprint density at radius 2 is 1.30 bits per heavy atom. The first kappa shape index (κ1) is 61.5. The average Bonchev–Trinajstić information content (AvgIpc) is 3.54. The molecule has 0 radical (unpaired) electrons. The van der Waals surface area contributed by atoms with Crippen LogP contribution in [0.3, 0.4) is 0 Å². The fourth-order valence-corrected chi connectivity index (χ4v) is 9.05. The van der Waals surface area contributed by atoms with E-state index >= 15 is 0 Å². The number of hydrogen-bond acceptors (Lipinski definition) is 19. The van der Waals surface area contributed by atoms with Crippen molar-refractivity contribution < 1.29 is 97.7 Å². The Hall–Kier alpha value is -5.49. The number of anilines is 1. The van der Waals surface area contributed by atoms with E-state index in [0.717, 1.165) is 12.1 Å². The molecule has 0 bridgehead atoms. The molecule has 69 heavy (non-hydrogen) atoms. The van der Waals surface area contributed by atoms with E-state index in [2.05, 4.69) is 0 Å². The van der Waals surface area contributed by atoms with Crippen molar-refractivity contribution in [3.05, 3.63) is 88.2 Å². The smallest absolute Gasteiger partial charge is 0.425 e. The van der Waals surface area contributed by atoms with Crippen LogP contribution in [0.2, 0.25) is 0 Å². The molecule has 23 nitrogen and oxygen atoms in total. The number of hydrogen-bond donors (Lipinski definition) is 3. The number of carboxylic acid groups (broad SMARTS) is 1. The van der Waals surface area contributed by atoms with Crippen LogP contribution in [0.15, 0.2) is 65.2 Å². The predicted molar refractivity (Wildman–Crippen MR) is 247 cm³/mol. The largest absolute Gasteiger partial charge is 0.748 e. The molecule has 2 heterocycles. The van der Waals surface area contributed by atoms with Gasteiger partial charge in [0.25, 0.3) is 20.2 Å². The maximum Gasteiger partial charge on any atom is 0.425 e. The van der Waals surface area contributed by atoms with Gasteiger partial charge in [-0.05, 0) is 57.4 Å². The maximum atomic E-state index is 13.5. The highest BCUT2D eigenvalue weighted by Crippen LogP contribution is 2.50. The first-order valence-electron chi connectivity index (χ1n) is 20.0. The normalized spacial score (nSPS) is 15.3. The SMILES string of the molecule is C.CCCOC(=O)c1cc(C(=O)OCCC)c2c(c1)[N+](CCCS(=O)(=O)[O-])=C(/C=C/C=C/C=C1/N(CCCS(=O)(=O)O)c3cc(S(=O)(=O)O)cc(C(=O)O)c3C1(C)C)C2(C)C.O=S(=O)=O.O=S(=O)=O. The van der Waals surface area contributed by atoms with Crippen LogP contribution < -0.4 is 4.90 Å². The number of aromatic carboxylic acids is 1. The summed E-state index contributed by atoms with van der Waals surface area (Å²) in [5.41, 5.74) is -0.117. The molecular weight excluding hydrogens is 1020 g/mol. The van der Waals surface area contributed by atoms with E-state index in [1.54, 1.807) is 54.9 Å². The van der Waals surface area contributed by atoms with Gasteiger partial charge in [-0.15, -0.1) is 25.3 Å². The van der Waals surface area contributed by atoms with E-state index in [1.807, 2.05) is 27.7 Å². The van der Waals surface area contributed by atoms with Crippen LogP contribution in [0.25, 0.3) is 0 Å². The number of fused-ring (bicyclic) bond motifs is 2. The molecule has 2 aliphatic heterocycles. The fourth-order valence-electron chi connectivity index (χ4n) is 7.55. The van der Waals surface area contributed by atoms with Crippen molar-refractivity contribution in [3.8, 4) is 0 Å². The summed E-state index contributed by atoms with van der Waals surface area (Å²) in [5, 5.41) is 10.1. The van der Waals surface area contributed by atoms with Gasteiger partial charge in [-0.1, -0.05) is 53.3 Å². The van der Waals surface area contributed by atoms with Crippen LogP contribution in [0.1, 0.15) is 117 Å². The zero-order chi connectivity index (χ0) is 52.2. The third-order valence-electron chi connectivity index (χ3n) is 10.1. The number of nitrogens with zero attached hydrogens (tertiary/aromatic N) is 2. The van der Waals surface area contributed by atoms with Crippen molar-refractivity contribution in [1.82, 2.24) is 0 Å². The van der Waals surface area contributed by atoms with Crippen LogP contribution in [-0.4, -0.2) is 135 Å². The molecule has 28 heteroatoms. The van der Waals surface area contributed by atoms with Gasteiger partial charge in [0.05, 0.1) is 61.6 Å². The lowest BCUT2D eigenvalue weighted by Gasteiger charge is -2.27. The van der Waals surface area contributed by atoms with Gasteiger partial charge < -0.3 is 24.0 Å². The molecule has 0 fully saturated rings. The van der Waals surface area contributed by atoms with Crippen LogP contribution in [0, 0.1) is 0 Å². The Morgan fingerprint density at radius 1 is 0.754 bits per heavy atom. The average molecular weight is 1070 g/mol. The second-order valence-electron chi connectivity index (χ2n) is 15.7. The molecule has 0 spiro atoms. The van der Waals surface area contributed by atoms with Crippen molar-refractivity contribution in [2.45, 2.75) is 90.4 Å². The third kappa shape index (κ3) is 17.5. The molecule has 0 amide bonds. The number of carboxylic acids is 1. The van der Waals surface area contributed by atoms with Crippen molar-refractivity contribution in [2.24, 2.45) is 0 Å². The second kappa shape index (κ2) is 25.4. The zero-order valence-electron chi connectivity index (χ0n) is 37.4. The van der Waals surface area contributed by atoms with Crippen molar-refractivity contribution in [1.29, 1.82) is 0 Å². The van der Waals surface area contributed by atoms with Crippen molar-refractivity contribution in [2.75, 3.05) is 42.7 Å². The molecule has 0 unspecified atom stereocenters. The van der Waals surface area contributed by atoms with Gasteiger partial charge >= 0.3 is 39.1 Å². The van der Waals surface area contributed by atoms with Gasteiger partial charge in [0.2, 0.25) is 5.69 Å². The lowest BCUT2D eigenvalue weighted by Crippen LogP contribution is -2.29. The molecule has 0 atom stereocenters. The third-order valence-corrected chi connectivity index (χ3v) is 12.5. The first-order chi connectivity index (χ1) is 31.2. The Labute approximate surface area is 403 Å². The Kier molecular flexibility index (Phi) is 22.6. The summed E-state index contributed by atoms with van der Waals surface area (Å²) in [6.45, 7) is 10.8. The topological polar surface area (TPSA) is 365 Å². The van der Waals surface area contributed by atoms with Gasteiger partial charge in [0.1, 0.15) is 6.54 Å². The minimum Gasteiger partial charge on any atom is -0.748 e. The molecule has 3 N–H and O–H groups in total. The standard InChI is InChI=1S/C40H50N2O15S3.CH4.2O3S/c1-7-18-56-37(45)26-22-29(38(46)57-19-8-2)35-30(23-26)41(16-12-20-58(47,48)49)33(40(35,5)6)15-11-9-10-14-32-39(3,4)34-28(36(43)44)24-27(60(53,54)55)25-31(34)42(32)17-13-21-59(50,51)52;;2*1-4(2)3/h9-11,14-15,22-25H,7-8,12-13,16-21H2,1-6H3,(H3-,43,44,47,48,49,50,51,52,53,54,55);1H4;;. The predicted octanol–water partition coefficient (Wildman–Crippen LogP) is 3.78. The molecule has 0 saturated heterocycles. The van der Waals surface area contributed by atoms with Crippen molar-refractivity contribution >= 4 is 86.6 Å². The van der Waals surface area contributed by atoms with Gasteiger partial charge in [-0.2, -0.15) is 21.4 Å². The number of allylic oxidation sites excluding steroid dienone is 6. The lowest BCUT2D eigenvalue weighted by atomic mass is 9.78. The number of carbonyl (C=O) groups is 3. The summed E-state index contributed by atoms with van der Waals surface area (Å²) < 4.78 is 165. The van der Waals surface area contributed by atoms with E-state index in [0.29, 0.717) is 35.5 Å². The molecule has 0 aliphatic carbocycles. The van der Waals surface area contributed by atoms with Gasteiger partial charge in [0.15, 0.2) is 5.71 Å². The summed E-state index contributed by atoms with van der Waals surface area (Å²) in [6, 6.07) is 4.90. The molecule has 2 aliphatic rings. The Morgan fingerprint density at radius 3 is 1.80 bits per heavy atom. The fraction of sp³-hybridized carbons (Fsp3) is 0.463. The van der Waals surface area contributed by atoms with Gasteiger partial charge in [-0.25, -0.2) is 22.8 Å². The van der Waals surface area contributed by atoms with Gasteiger partial charge in [-0.3, -0.25) is 9.11 Å². The quantitative estimate of drug-likeness (QED) is 0.0780. The van der Waals surface area contributed by atoms with E-state index in [4.69, 9.17) is 34.7 Å². The molecule has 0 aromatic heterocycles. The summed E-state index contributed by atoms with van der Waals surface area (Å²) in [6.07, 6.45) is 9.01. The number of benzene rings is 2. The first-order valence-corrected chi connectivity index (χ1v) is 26.7. The van der Waals surface area contributed by atoms with Gasteiger partial charge in [0, 0.05) is 53.2 Å². The summed E-state index contributed by atoms with van der Waals surface area (Å²) in [7, 11) is -20.1. The minimum absolute atomic E-state index is 0. The lowest BCUT2D eigenvalue weighted by molar-refractivity contribution is -0.437.